The fourth-order valence-corrected chi connectivity index (χ4v) is 2.00. The molecule has 0 aliphatic rings. The van der Waals surface area contributed by atoms with Crippen molar-refractivity contribution in [2.75, 3.05) is 10.6 Å². The van der Waals surface area contributed by atoms with Crippen LogP contribution in [-0.2, 0) is 6.42 Å². The van der Waals surface area contributed by atoms with Gasteiger partial charge in [0.05, 0.1) is 4.92 Å². The molecule has 0 saturated carbocycles. The average molecular weight is 299 g/mol. The van der Waals surface area contributed by atoms with Crippen molar-refractivity contribution in [3.8, 4) is 0 Å². The summed E-state index contributed by atoms with van der Waals surface area (Å²) in [5, 5.41) is 16.2. The van der Waals surface area contributed by atoms with Gasteiger partial charge in [0, 0.05) is 23.0 Å². The second kappa shape index (κ2) is 6.71. The standard InChI is InChI=1S/C16H17N3O3/c1-3-12-5-8-13(9-6-12)17-16(20)18-14-7-4-11(2)15(10-14)19(21)22/h4-10H,3H2,1-2H3,(H2,17,18,20). The minimum Gasteiger partial charge on any atom is -0.308 e. The van der Waals surface area contributed by atoms with Crippen molar-refractivity contribution in [2.24, 2.45) is 0 Å². The molecule has 2 N–H and O–H groups in total. The van der Waals surface area contributed by atoms with Crippen molar-refractivity contribution >= 4 is 23.1 Å². The molecule has 0 saturated heterocycles. The van der Waals surface area contributed by atoms with Gasteiger partial charge in [0.15, 0.2) is 0 Å². The summed E-state index contributed by atoms with van der Waals surface area (Å²) in [5.41, 5.74) is 2.74. The molecule has 0 unspecified atom stereocenters. The first-order valence-corrected chi connectivity index (χ1v) is 6.91. The van der Waals surface area contributed by atoms with Crippen LogP contribution >= 0.6 is 0 Å². The molecular formula is C16H17N3O3. The van der Waals surface area contributed by atoms with Gasteiger partial charge < -0.3 is 10.6 Å². The maximum Gasteiger partial charge on any atom is 0.323 e. The minimum absolute atomic E-state index is 0.0231. The number of benzene rings is 2. The van der Waals surface area contributed by atoms with E-state index in [0.717, 1.165) is 6.42 Å². The molecule has 114 valence electrons. The molecule has 6 nitrogen and oxygen atoms in total. The molecule has 0 bridgehead atoms. The number of nitrogens with one attached hydrogen (secondary N) is 2. The highest BCUT2D eigenvalue weighted by Gasteiger charge is 2.12. The van der Waals surface area contributed by atoms with Gasteiger partial charge in [-0.15, -0.1) is 0 Å². The zero-order chi connectivity index (χ0) is 16.1. The van der Waals surface area contributed by atoms with Crippen LogP contribution in [0.5, 0.6) is 0 Å². The SMILES string of the molecule is CCc1ccc(NC(=O)Nc2ccc(C)c([N+](=O)[O-])c2)cc1. The van der Waals surface area contributed by atoms with Crippen LogP contribution in [0.3, 0.4) is 0 Å². The molecule has 2 aromatic carbocycles. The number of carbonyl (C=O) groups is 1. The van der Waals surface area contributed by atoms with Gasteiger partial charge in [0.1, 0.15) is 0 Å². The third-order valence-electron chi connectivity index (χ3n) is 3.28. The summed E-state index contributed by atoms with van der Waals surface area (Å²) in [4.78, 5) is 22.3. The number of hydrogen-bond acceptors (Lipinski definition) is 3. The quantitative estimate of drug-likeness (QED) is 0.658. The van der Waals surface area contributed by atoms with Gasteiger partial charge in [-0.05, 0) is 37.1 Å². The van der Waals surface area contributed by atoms with Gasteiger partial charge in [-0.25, -0.2) is 4.79 Å². The Morgan fingerprint density at radius 1 is 1.09 bits per heavy atom. The van der Waals surface area contributed by atoms with Crippen LogP contribution < -0.4 is 10.6 Å². The lowest BCUT2D eigenvalue weighted by Gasteiger charge is -2.08. The molecule has 22 heavy (non-hydrogen) atoms. The van der Waals surface area contributed by atoms with Crippen LogP contribution in [0.4, 0.5) is 21.9 Å². The van der Waals surface area contributed by atoms with Gasteiger partial charge in [0.2, 0.25) is 0 Å². The van der Waals surface area contributed by atoms with Crippen molar-refractivity contribution in [3.63, 3.8) is 0 Å². The lowest BCUT2D eigenvalue weighted by Crippen LogP contribution is -2.19. The number of anilines is 2. The number of nitro benzene ring substituents is 1. The normalized spacial score (nSPS) is 10.1. The second-order valence-electron chi connectivity index (χ2n) is 4.89. The van der Waals surface area contributed by atoms with Crippen LogP contribution in [0.15, 0.2) is 42.5 Å². The third-order valence-corrected chi connectivity index (χ3v) is 3.28. The molecule has 6 heteroatoms. The van der Waals surface area contributed by atoms with Crippen molar-refractivity contribution in [1.82, 2.24) is 0 Å². The number of rotatable bonds is 4. The van der Waals surface area contributed by atoms with E-state index in [4.69, 9.17) is 0 Å². The van der Waals surface area contributed by atoms with Crippen molar-refractivity contribution in [3.05, 3.63) is 63.7 Å². The molecule has 0 aromatic heterocycles. The molecule has 2 aromatic rings. The molecule has 0 heterocycles. The van der Waals surface area contributed by atoms with Crippen molar-refractivity contribution < 1.29 is 9.72 Å². The molecular weight excluding hydrogens is 282 g/mol. The van der Waals surface area contributed by atoms with E-state index in [1.165, 1.54) is 11.6 Å². The largest absolute Gasteiger partial charge is 0.323 e. The van der Waals surface area contributed by atoms with Gasteiger partial charge >= 0.3 is 6.03 Å². The van der Waals surface area contributed by atoms with Crippen molar-refractivity contribution in [1.29, 1.82) is 0 Å². The Labute approximate surface area is 128 Å². The van der Waals surface area contributed by atoms with E-state index in [9.17, 15) is 14.9 Å². The Balaban J connectivity index is 2.05. The number of nitro groups is 1. The highest BCUT2D eigenvalue weighted by Crippen LogP contribution is 2.22. The van der Waals surface area contributed by atoms with Crippen molar-refractivity contribution in [2.45, 2.75) is 20.3 Å². The Bertz CT molecular complexity index is 696. The minimum atomic E-state index is -0.470. The molecule has 0 atom stereocenters. The molecule has 0 radical (unpaired) electrons. The predicted molar refractivity (Wildman–Crippen MR) is 86.3 cm³/mol. The second-order valence-corrected chi connectivity index (χ2v) is 4.89. The molecule has 0 aliphatic heterocycles. The summed E-state index contributed by atoms with van der Waals surface area (Å²) < 4.78 is 0. The summed E-state index contributed by atoms with van der Waals surface area (Å²) in [5.74, 6) is 0. The van der Waals surface area contributed by atoms with E-state index in [1.807, 2.05) is 24.3 Å². The monoisotopic (exact) mass is 299 g/mol. The average Bonchev–Trinajstić information content (AvgIpc) is 2.49. The number of nitrogens with zero attached hydrogens (tertiary/aromatic N) is 1. The topological polar surface area (TPSA) is 84.3 Å². The first kappa shape index (κ1) is 15.5. The number of aryl methyl sites for hydroxylation is 2. The Morgan fingerprint density at radius 3 is 2.27 bits per heavy atom. The van der Waals surface area contributed by atoms with E-state index in [1.54, 1.807) is 19.1 Å². The number of urea groups is 1. The summed E-state index contributed by atoms with van der Waals surface area (Å²) in [7, 11) is 0. The summed E-state index contributed by atoms with van der Waals surface area (Å²) in [6.07, 6.45) is 0.930. The van der Waals surface area contributed by atoms with Gasteiger partial charge in [0.25, 0.3) is 5.69 Å². The predicted octanol–water partition coefficient (Wildman–Crippen LogP) is 4.11. The van der Waals surface area contributed by atoms with E-state index < -0.39 is 11.0 Å². The van der Waals surface area contributed by atoms with E-state index in [-0.39, 0.29) is 5.69 Å². The van der Waals surface area contributed by atoms with Crippen LogP contribution in [0.2, 0.25) is 0 Å². The summed E-state index contributed by atoms with van der Waals surface area (Å²) in [6.45, 7) is 3.71. The fourth-order valence-electron chi connectivity index (χ4n) is 2.00. The highest BCUT2D eigenvalue weighted by molar-refractivity contribution is 5.99. The van der Waals surface area contributed by atoms with E-state index in [2.05, 4.69) is 17.6 Å². The maximum absolute atomic E-state index is 11.9. The Hall–Kier alpha value is -2.89. The van der Waals surface area contributed by atoms with Crippen LogP contribution in [-0.4, -0.2) is 11.0 Å². The lowest BCUT2D eigenvalue weighted by atomic mass is 10.1. The summed E-state index contributed by atoms with van der Waals surface area (Å²) >= 11 is 0. The molecule has 2 rings (SSSR count). The van der Waals surface area contributed by atoms with Crippen LogP contribution in [0.1, 0.15) is 18.1 Å². The van der Waals surface area contributed by atoms with Crippen LogP contribution in [0.25, 0.3) is 0 Å². The molecule has 2 amide bonds. The van der Waals surface area contributed by atoms with Gasteiger partial charge in [-0.2, -0.15) is 0 Å². The first-order chi connectivity index (χ1) is 10.5. The molecule has 0 aliphatic carbocycles. The fraction of sp³-hybridized carbons (Fsp3) is 0.188. The molecule has 0 fully saturated rings. The maximum atomic E-state index is 11.9. The number of amides is 2. The zero-order valence-electron chi connectivity index (χ0n) is 12.4. The van der Waals surface area contributed by atoms with Gasteiger partial charge in [-0.3, -0.25) is 10.1 Å². The number of carbonyl (C=O) groups excluding carboxylic acids is 1. The number of hydrogen-bond donors (Lipinski definition) is 2. The Kier molecular flexibility index (Phi) is 4.73. The van der Waals surface area contributed by atoms with Crippen LogP contribution in [0, 0.1) is 17.0 Å². The Morgan fingerprint density at radius 2 is 1.68 bits per heavy atom. The van der Waals surface area contributed by atoms with E-state index >= 15 is 0 Å². The first-order valence-electron chi connectivity index (χ1n) is 6.91. The lowest BCUT2D eigenvalue weighted by molar-refractivity contribution is -0.385. The zero-order valence-corrected chi connectivity index (χ0v) is 12.4. The smallest absolute Gasteiger partial charge is 0.308 e. The summed E-state index contributed by atoms with van der Waals surface area (Å²) in [6, 6.07) is 11.6. The third kappa shape index (κ3) is 3.82. The highest BCUT2D eigenvalue weighted by atomic mass is 16.6. The van der Waals surface area contributed by atoms with Gasteiger partial charge in [-0.1, -0.05) is 25.1 Å². The molecule has 0 spiro atoms. The van der Waals surface area contributed by atoms with E-state index in [0.29, 0.717) is 16.9 Å².